The van der Waals surface area contributed by atoms with Crippen LogP contribution in [-0.4, -0.2) is 10.4 Å². The number of carbonyl (C=O) groups is 1. The molecule has 1 heterocycles. The molecule has 2 aromatic carbocycles. The van der Waals surface area contributed by atoms with Gasteiger partial charge in [-0.25, -0.2) is 0 Å². The van der Waals surface area contributed by atoms with Crippen LogP contribution >= 0.6 is 15.9 Å². The molecule has 1 aromatic heterocycles. The molecule has 0 aliphatic rings. The molecule has 2 nitrogen and oxygen atoms in total. The van der Waals surface area contributed by atoms with Gasteiger partial charge < -0.3 is 4.57 Å². The maximum absolute atomic E-state index is 12.3. The first-order chi connectivity index (χ1) is 9.63. The number of Topliss-reactive ketones (excluding diaryl/α,β-unsaturated/α-hetero) is 1. The predicted molar refractivity (Wildman–Crippen MR) is 85.1 cm³/mol. The Morgan fingerprint density at radius 3 is 2.60 bits per heavy atom. The average Bonchev–Trinajstić information content (AvgIpc) is 2.81. The van der Waals surface area contributed by atoms with Gasteiger partial charge in [0.05, 0.1) is 6.54 Å². The van der Waals surface area contributed by atoms with Crippen LogP contribution in [-0.2, 0) is 6.54 Å². The molecule has 0 saturated heterocycles. The standard InChI is InChI=1S/C17H14BrNO/c1-12-2-7-16-14(10-12)8-9-19(16)11-17(20)13-3-5-15(18)6-4-13/h2-10H,11H2,1H3. The smallest absolute Gasteiger partial charge is 0.182 e. The van der Waals surface area contributed by atoms with Crippen LogP contribution in [0.15, 0.2) is 59.2 Å². The summed E-state index contributed by atoms with van der Waals surface area (Å²) in [6.07, 6.45) is 1.97. The minimum Gasteiger partial charge on any atom is -0.340 e. The lowest BCUT2D eigenvalue weighted by Crippen LogP contribution is -2.09. The number of rotatable bonds is 3. The van der Waals surface area contributed by atoms with E-state index in [0.717, 1.165) is 15.6 Å². The van der Waals surface area contributed by atoms with E-state index in [1.165, 1.54) is 10.9 Å². The van der Waals surface area contributed by atoms with Gasteiger partial charge in [0.15, 0.2) is 5.78 Å². The van der Waals surface area contributed by atoms with E-state index in [9.17, 15) is 4.79 Å². The van der Waals surface area contributed by atoms with Gasteiger partial charge in [-0.15, -0.1) is 0 Å². The molecule has 0 atom stereocenters. The van der Waals surface area contributed by atoms with Crippen molar-refractivity contribution in [1.29, 1.82) is 0 Å². The summed E-state index contributed by atoms with van der Waals surface area (Å²) in [6.45, 7) is 2.44. The Morgan fingerprint density at radius 2 is 1.85 bits per heavy atom. The number of aromatic nitrogens is 1. The van der Waals surface area contributed by atoms with Crippen molar-refractivity contribution in [3.05, 3.63) is 70.3 Å². The molecular weight excluding hydrogens is 314 g/mol. The minimum atomic E-state index is 0.121. The molecule has 3 rings (SSSR count). The van der Waals surface area contributed by atoms with Crippen LogP contribution in [0.25, 0.3) is 10.9 Å². The number of halogens is 1. The van der Waals surface area contributed by atoms with Crippen molar-refractivity contribution in [2.45, 2.75) is 13.5 Å². The molecule has 0 radical (unpaired) electrons. The molecule has 100 valence electrons. The highest BCUT2D eigenvalue weighted by Gasteiger charge is 2.08. The summed E-state index contributed by atoms with van der Waals surface area (Å²) in [5, 5.41) is 1.17. The van der Waals surface area contributed by atoms with E-state index in [1.54, 1.807) is 0 Å². The number of carbonyl (C=O) groups excluding carboxylic acids is 1. The van der Waals surface area contributed by atoms with Crippen molar-refractivity contribution < 1.29 is 4.79 Å². The predicted octanol–water partition coefficient (Wildman–Crippen LogP) is 4.60. The quantitative estimate of drug-likeness (QED) is 0.644. The monoisotopic (exact) mass is 327 g/mol. The second-order valence-corrected chi connectivity index (χ2v) is 5.85. The zero-order valence-corrected chi connectivity index (χ0v) is 12.7. The average molecular weight is 328 g/mol. The van der Waals surface area contributed by atoms with Gasteiger partial charge in [0.25, 0.3) is 0 Å². The zero-order valence-electron chi connectivity index (χ0n) is 11.1. The molecule has 0 bridgehead atoms. The Labute approximate surface area is 126 Å². The van der Waals surface area contributed by atoms with Crippen molar-refractivity contribution in [1.82, 2.24) is 4.57 Å². The summed E-state index contributed by atoms with van der Waals surface area (Å²) < 4.78 is 2.98. The molecule has 20 heavy (non-hydrogen) atoms. The molecule has 3 aromatic rings. The van der Waals surface area contributed by atoms with Gasteiger partial charge in [0.1, 0.15) is 0 Å². The van der Waals surface area contributed by atoms with E-state index in [2.05, 4.69) is 47.1 Å². The van der Waals surface area contributed by atoms with Crippen molar-refractivity contribution in [2.24, 2.45) is 0 Å². The third kappa shape index (κ3) is 2.54. The van der Waals surface area contributed by atoms with Crippen LogP contribution < -0.4 is 0 Å². The topological polar surface area (TPSA) is 22.0 Å². The molecule has 0 aliphatic carbocycles. The Bertz CT molecular complexity index is 771. The van der Waals surface area contributed by atoms with Crippen LogP contribution in [0.2, 0.25) is 0 Å². The molecule has 0 spiro atoms. The Hall–Kier alpha value is -1.87. The number of hydrogen-bond donors (Lipinski definition) is 0. The van der Waals surface area contributed by atoms with Crippen LogP contribution in [0, 0.1) is 6.92 Å². The van der Waals surface area contributed by atoms with E-state index in [0.29, 0.717) is 6.54 Å². The lowest BCUT2D eigenvalue weighted by molar-refractivity contribution is 0.0973. The maximum atomic E-state index is 12.3. The molecule has 0 saturated carbocycles. The number of nitrogens with zero attached hydrogens (tertiary/aromatic N) is 1. The highest BCUT2D eigenvalue weighted by Crippen LogP contribution is 2.18. The van der Waals surface area contributed by atoms with Gasteiger partial charge in [0, 0.05) is 21.7 Å². The number of ketones is 1. The Kier molecular flexibility index (Phi) is 3.45. The first-order valence-corrected chi connectivity index (χ1v) is 7.27. The van der Waals surface area contributed by atoms with Crippen LogP contribution in [0.5, 0.6) is 0 Å². The number of aryl methyl sites for hydroxylation is 1. The van der Waals surface area contributed by atoms with E-state index < -0.39 is 0 Å². The number of hydrogen-bond acceptors (Lipinski definition) is 1. The second-order valence-electron chi connectivity index (χ2n) is 4.94. The first kappa shape index (κ1) is 13.1. The SMILES string of the molecule is Cc1ccc2c(ccn2CC(=O)c2ccc(Br)cc2)c1. The largest absolute Gasteiger partial charge is 0.340 e. The summed E-state index contributed by atoms with van der Waals surface area (Å²) in [4.78, 5) is 12.3. The molecular formula is C17H14BrNO. The first-order valence-electron chi connectivity index (χ1n) is 6.48. The maximum Gasteiger partial charge on any atom is 0.182 e. The lowest BCUT2D eigenvalue weighted by atomic mass is 10.1. The van der Waals surface area contributed by atoms with Gasteiger partial charge >= 0.3 is 0 Å². The Morgan fingerprint density at radius 1 is 1.10 bits per heavy atom. The highest BCUT2D eigenvalue weighted by atomic mass is 79.9. The van der Waals surface area contributed by atoms with Crippen molar-refractivity contribution in [3.8, 4) is 0 Å². The highest BCUT2D eigenvalue weighted by molar-refractivity contribution is 9.10. The van der Waals surface area contributed by atoms with Gasteiger partial charge in [-0.2, -0.15) is 0 Å². The van der Waals surface area contributed by atoms with Gasteiger partial charge in [-0.1, -0.05) is 39.7 Å². The summed E-state index contributed by atoms with van der Waals surface area (Å²) >= 11 is 3.38. The molecule has 0 unspecified atom stereocenters. The minimum absolute atomic E-state index is 0.121. The van der Waals surface area contributed by atoms with E-state index >= 15 is 0 Å². The van der Waals surface area contributed by atoms with Gasteiger partial charge in [-0.3, -0.25) is 4.79 Å². The second kappa shape index (κ2) is 5.25. The summed E-state index contributed by atoms with van der Waals surface area (Å²) in [5.41, 5.74) is 3.07. The third-order valence-corrected chi connectivity index (χ3v) is 3.94. The fourth-order valence-corrected chi connectivity index (χ4v) is 2.60. The van der Waals surface area contributed by atoms with Gasteiger partial charge in [-0.05, 0) is 42.6 Å². The van der Waals surface area contributed by atoms with E-state index in [4.69, 9.17) is 0 Å². The summed E-state index contributed by atoms with van der Waals surface area (Å²) in [6, 6.07) is 15.8. The Balaban J connectivity index is 1.89. The summed E-state index contributed by atoms with van der Waals surface area (Å²) in [5.74, 6) is 0.121. The van der Waals surface area contributed by atoms with Crippen LogP contribution in [0.1, 0.15) is 15.9 Å². The van der Waals surface area contributed by atoms with E-state index in [1.807, 2.05) is 35.0 Å². The normalized spacial score (nSPS) is 10.9. The van der Waals surface area contributed by atoms with Crippen LogP contribution in [0.3, 0.4) is 0 Å². The third-order valence-electron chi connectivity index (χ3n) is 3.41. The molecule has 0 fully saturated rings. The fraction of sp³-hybridized carbons (Fsp3) is 0.118. The summed E-state index contributed by atoms with van der Waals surface area (Å²) in [7, 11) is 0. The van der Waals surface area contributed by atoms with Crippen molar-refractivity contribution in [3.63, 3.8) is 0 Å². The number of fused-ring (bicyclic) bond motifs is 1. The zero-order chi connectivity index (χ0) is 14.1. The fourth-order valence-electron chi connectivity index (χ4n) is 2.34. The van der Waals surface area contributed by atoms with Crippen molar-refractivity contribution >= 4 is 32.6 Å². The lowest BCUT2D eigenvalue weighted by Gasteiger charge is -2.05. The van der Waals surface area contributed by atoms with E-state index in [-0.39, 0.29) is 5.78 Å². The molecule has 3 heteroatoms. The van der Waals surface area contributed by atoms with Gasteiger partial charge in [0.2, 0.25) is 0 Å². The molecule has 0 aliphatic heterocycles. The van der Waals surface area contributed by atoms with Crippen molar-refractivity contribution in [2.75, 3.05) is 0 Å². The molecule has 0 N–H and O–H groups in total. The number of benzene rings is 2. The van der Waals surface area contributed by atoms with Crippen LogP contribution in [0.4, 0.5) is 0 Å². The molecule has 0 amide bonds.